The van der Waals surface area contributed by atoms with Gasteiger partial charge in [-0.15, -0.1) is 0 Å². The maximum atomic E-state index is 13.5. The molecule has 0 atom stereocenters. The highest BCUT2D eigenvalue weighted by atomic mass is 32.1. The quantitative estimate of drug-likeness (QED) is 0.456. The van der Waals surface area contributed by atoms with E-state index in [4.69, 9.17) is 12.2 Å². The molecule has 0 saturated carbocycles. The lowest BCUT2D eigenvalue weighted by Crippen LogP contribution is -2.45. The van der Waals surface area contributed by atoms with Gasteiger partial charge in [0.15, 0.2) is 5.11 Å². The number of para-hydroxylation sites is 1. The molecule has 1 amide bonds. The fourth-order valence-electron chi connectivity index (χ4n) is 2.90. The van der Waals surface area contributed by atoms with Crippen molar-refractivity contribution in [1.82, 2.24) is 15.0 Å². The molecule has 0 saturated heterocycles. The fraction of sp³-hybridized carbons (Fsp3) is 0. The van der Waals surface area contributed by atoms with Crippen molar-refractivity contribution in [2.45, 2.75) is 0 Å². The van der Waals surface area contributed by atoms with Crippen molar-refractivity contribution in [2.24, 2.45) is 0 Å². The van der Waals surface area contributed by atoms with Gasteiger partial charge in [-0.1, -0.05) is 30.3 Å². The number of benzene rings is 1. The van der Waals surface area contributed by atoms with Gasteiger partial charge in [0.05, 0.1) is 11.3 Å². The van der Waals surface area contributed by atoms with Crippen LogP contribution in [0.4, 0.5) is 17.3 Å². The van der Waals surface area contributed by atoms with Crippen molar-refractivity contribution in [2.75, 3.05) is 9.80 Å². The number of hydrogen-bond donors (Lipinski definition) is 0. The van der Waals surface area contributed by atoms with E-state index in [0.717, 1.165) is 0 Å². The Bertz CT molecular complexity index is 1090. The molecular formula is C23H17N5OS. The number of carbonyl (C=O) groups is 1. The lowest BCUT2D eigenvalue weighted by molar-refractivity contribution is 0.100. The highest BCUT2D eigenvalue weighted by Gasteiger charge is 2.29. The molecule has 7 heteroatoms. The van der Waals surface area contributed by atoms with Gasteiger partial charge in [-0.3, -0.25) is 19.6 Å². The van der Waals surface area contributed by atoms with Crippen LogP contribution in [-0.4, -0.2) is 26.0 Å². The van der Waals surface area contributed by atoms with Gasteiger partial charge in [-0.25, -0.2) is 9.97 Å². The summed E-state index contributed by atoms with van der Waals surface area (Å²) < 4.78 is 0. The summed E-state index contributed by atoms with van der Waals surface area (Å²) in [6.45, 7) is 0. The second-order valence-corrected chi connectivity index (χ2v) is 6.58. The standard InChI is InChI=1S/C23H17N5OS/c29-22(18-9-8-14-24-17-18)27(19-10-2-1-3-11-19)23(30)28(20-12-4-6-15-25-20)21-13-5-7-16-26-21/h1-17H. The van der Waals surface area contributed by atoms with Crippen LogP contribution in [0.2, 0.25) is 0 Å². The number of anilines is 3. The van der Waals surface area contributed by atoms with E-state index >= 15 is 0 Å². The van der Waals surface area contributed by atoms with Gasteiger partial charge in [0.25, 0.3) is 5.91 Å². The molecule has 0 unspecified atom stereocenters. The fourth-order valence-corrected chi connectivity index (χ4v) is 3.27. The minimum absolute atomic E-state index is 0.229. The summed E-state index contributed by atoms with van der Waals surface area (Å²) >= 11 is 5.85. The smallest absolute Gasteiger partial charge is 0.266 e. The Morgan fingerprint density at radius 3 is 1.90 bits per heavy atom. The number of nitrogens with zero attached hydrogens (tertiary/aromatic N) is 5. The molecule has 0 spiro atoms. The lowest BCUT2D eigenvalue weighted by atomic mass is 10.2. The van der Waals surface area contributed by atoms with Crippen LogP contribution < -0.4 is 9.80 Å². The Morgan fingerprint density at radius 1 is 0.733 bits per heavy atom. The van der Waals surface area contributed by atoms with Crippen LogP contribution in [0, 0.1) is 0 Å². The molecule has 146 valence electrons. The third-order valence-electron chi connectivity index (χ3n) is 4.27. The third-order valence-corrected chi connectivity index (χ3v) is 4.63. The van der Waals surface area contributed by atoms with E-state index in [-0.39, 0.29) is 11.0 Å². The van der Waals surface area contributed by atoms with Crippen molar-refractivity contribution < 1.29 is 4.79 Å². The molecule has 6 nitrogen and oxygen atoms in total. The zero-order valence-corrected chi connectivity index (χ0v) is 16.7. The predicted molar refractivity (Wildman–Crippen MR) is 121 cm³/mol. The number of pyridine rings is 3. The molecule has 0 aliphatic heterocycles. The first-order valence-electron chi connectivity index (χ1n) is 9.21. The minimum Gasteiger partial charge on any atom is -0.268 e. The number of thiocarbonyl (C=S) groups is 1. The van der Waals surface area contributed by atoms with Gasteiger partial charge in [0.1, 0.15) is 11.6 Å². The second kappa shape index (κ2) is 9.02. The Labute approximate surface area is 179 Å². The number of aromatic nitrogens is 3. The van der Waals surface area contributed by atoms with Gasteiger partial charge < -0.3 is 0 Å². The van der Waals surface area contributed by atoms with Crippen molar-refractivity contribution in [1.29, 1.82) is 0 Å². The number of carbonyl (C=O) groups excluding carboxylic acids is 1. The van der Waals surface area contributed by atoms with Crippen LogP contribution in [0.3, 0.4) is 0 Å². The molecule has 0 fully saturated rings. The van der Waals surface area contributed by atoms with E-state index in [9.17, 15) is 4.79 Å². The molecule has 4 aromatic rings. The summed E-state index contributed by atoms with van der Waals surface area (Å²) in [6.07, 6.45) is 6.48. The average molecular weight is 411 g/mol. The Hall–Kier alpha value is -3.97. The van der Waals surface area contributed by atoms with Gasteiger partial charge in [0, 0.05) is 24.8 Å². The average Bonchev–Trinajstić information content (AvgIpc) is 2.82. The zero-order valence-electron chi connectivity index (χ0n) is 15.9. The molecule has 0 bridgehead atoms. The molecule has 0 N–H and O–H groups in total. The van der Waals surface area contributed by atoms with Crippen LogP contribution in [0.5, 0.6) is 0 Å². The van der Waals surface area contributed by atoms with Crippen LogP contribution in [-0.2, 0) is 0 Å². The van der Waals surface area contributed by atoms with Crippen molar-refractivity contribution >= 4 is 40.6 Å². The normalized spacial score (nSPS) is 10.3. The van der Waals surface area contributed by atoms with Crippen molar-refractivity contribution in [3.05, 3.63) is 109 Å². The summed E-state index contributed by atoms with van der Waals surface area (Å²) in [5, 5.41) is 0.229. The van der Waals surface area contributed by atoms with E-state index in [1.807, 2.05) is 66.7 Å². The molecule has 30 heavy (non-hydrogen) atoms. The predicted octanol–water partition coefficient (Wildman–Crippen LogP) is 4.64. The first kappa shape index (κ1) is 19.4. The summed E-state index contributed by atoms with van der Waals surface area (Å²) in [5.74, 6) is 0.818. The molecule has 4 rings (SSSR count). The highest BCUT2D eigenvalue weighted by molar-refractivity contribution is 7.81. The van der Waals surface area contributed by atoms with Crippen LogP contribution in [0.1, 0.15) is 10.4 Å². The highest BCUT2D eigenvalue weighted by Crippen LogP contribution is 2.27. The molecular weight excluding hydrogens is 394 g/mol. The SMILES string of the molecule is O=C(c1cccnc1)N(C(=S)N(c1ccccn1)c1ccccn1)c1ccccc1. The van der Waals surface area contributed by atoms with E-state index in [2.05, 4.69) is 15.0 Å². The maximum absolute atomic E-state index is 13.5. The lowest BCUT2D eigenvalue weighted by Gasteiger charge is -2.31. The number of rotatable bonds is 4. The van der Waals surface area contributed by atoms with Crippen LogP contribution >= 0.6 is 12.2 Å². The zero-order chi connectivity index (χ0) is 20.8. The topological polar surface area (TPSA) is 62.2 Å². The molecule has 0 aliphatic rings. The Kier molecular flexibility index (Phi) is 5.82. The largest absolute Gasteiger partial charge is 0.268 e. The summed E-state index contributed by atoms with van der Waals surface area (Å²) in [6, 6.07) is 23.7. The number of hydrogen-bond acceptors (Lipinski definition) is 5. The van der Waals surface area contributed by atoms with E-state index < -0.39 is 0 Å². The van der Waals surface area contributed by atoms with Gasteiger partial charge >= 0.3 is 0 Å². The van der Waals surface area contributed by atoms with Crippen molar-refractivity contribution in [3.63, 3.8) is 0 Å². The monoisotopic (exact) mass is 411 g/mol. The molecule has 0 radical (unpaired) electrons. The first-order chi connectivity index (χ1) is 14.8. The van der Waals surface area contributed by atoms with E-state index in [1.54, 1.807) is 35.6 Å². The van der Waals surface area contributed by atoms with E-state index in [1.165, 1.54) is 11.1 Å². The van der Waals surface area contributed by atoms with Crippen molar-refractivity contribution in [3.8, 4) is 0 Å². The van der Waals surface area contributed by atoms with Gasteiger partial charge in [0.2, 0.25) is 0 Å². The molecule has 3 heterocycles. The van der Waals surface area contributed by atoms with E-state index in [0.29, 0.717) is 22.9 Å². The molecule has 3 aromatic heterocycles. The van der Waals surface area contributed by atoms with Gasteiger partial charge in [-0.05, 0) is 60.7 Å². The van der Waals surface area contributed by atoms with Crippen LogP contribution in [0.15, 0.2) is 104 Å². The summed E-state index contributed by atoms with van der Waals surface area (Å²) in [5.41, 5.74) is 1.05. The van der Waals surface area contributed by atoms with Crippen LogP contribution in [0.25, 0.3) is 0 Å². The minimum atomic E-state index is -0.295. The molecule has 0 aliphatic carbocycles. The summed E-state index contributed by atoms with van der Waals surface area (Å²) in [7, 11) is 0. The maximum Gasteiger partial charge on any atom is 0.266 e. The first-order valence-corrected chi connectivity index (χ1v) is 9.62. The Morgan fingerprint density at radius 2 is 1.37 bits per heavy atom. The third kappa shape index (κ3) is 4.06. The van der Waals surface area contributed by atoms with Gasteiger partial charge in [-0.2, -0.15) is 0 Å². The summed E-state index contributed by atoms with van der Waals surface area (Å²) in [4.78, 5) is 29.6. The number of amides is 1. The Balaban J connectivity index is 1.84. The molecule has 1 aromatic carbocycles. The second-order valence-electron chi connectivity index (χ2n) is 6.21.